The van der Waals surface area contributed by atoms with Crippen LogP contribution in [0.5, 0.6) is 0 Å². The molecule has 0 saturated carbocycles. The highest BCUT2D eigenvalue weighted by Crippen LogP contribution is 2.18. The van der Waals surface area contributed by atoms with Gasteiger partial charge < -0.3 is 20.0 Å². The first-order chi connectivity index (χ1) is 13.0. The van der Waals surface area contributed by atoms with Crippen molar-refractivity contribution in [2.24, 2.45) is 0 Å². The van der Waals surface area contributed by atoms with Gasteiger partial charge in [-0.05, 0) is 32.4 Å². The molecule has 2 N–H and O–H groups in total. The van der Waals surface area contributed by atoms with E-state index in [1.165, 1.54) is 11.3 Å². The molecule has 0 unspecified atom stereocenters. The maximum Gasteiger partial charge on any atom is 0.273 e. The second-order valence-electron chi connectivity index (χ2n) is 6.60. The van der Waals surface area contributed by atoms with Crippen LogP contribution in [0.15, 0.2) is 28.2 Å². The molecule has 0 aliphatic heterocycles. The summed E-state index contributed by atoms with van der Waals surface area (Å²) in [4.78, 5) is 30.9. The highest BCUT2D eigenvalue weighted by Gasteiger charge is 2.21. The van der Waals surface area contributed by atoms with Crippen molar-refractivity contribution in [1.29, 1.82) is 0 Å². The van der Waals surface area contributed by atoms with Crippen molar-refractivity contribution in [3.63, 3.8) is 0 Å². The largest absolute Gasteiger partial charge is 0.467 e. The number of anilines is 1. The first-order valence-corrected chi connectivity index (χ1v) is 10.2. The van der Waals surface area contributed by atoms with E-state index in [9.17, 15) is 9.59 Å². The molecular weight excluding hydrogens is 364 g/mol. The zero-order chi connectivity index (χ0) is 19.6. The number of rotatable bonds is 11. The molecule has 2 amide bonds. The van der Waals surface area contributed by atoms with E-state index in [4.69, 9.17) is 4.42 Å². The smallest absolute Gasteiger partial charge is 0.273 e. The average Bonchev–Trinajstić information content (AvgIpc) is 3.29. The molecule has 0 atom stereocenters. The predicted molar refractivity (Wildman–Crippen MR) is 107 cm³/mol. The zero-order valence-corrected chi connectivity index (χ0v) is 17.0. The number of hydrogen-bond donors (Lipinski definition) is 2. The van der Waals surface area contributed by atoms with E-state index in [-0.39, 0.29) is 24.3 Å². The van der Waals surface area contributed by atoms with Gasteiger partial charge in [0, 0.05) is 30.9 Å². The Balaban J connectivity index is 2.02. The fraction of sp³-hybridized carbons (Fsp3) is 0.526. The zero-order valence-electron chi connectivity index (χ0n) is 16.2. The second-order valence-corrected chi connectivity index (χ2v) is 7.45. The van der Waals surface area contributed by atoms with Gasteiger partial charge in [0.1, 0.15) is 11.5 Å². The molecule has 2 rings (SSSR count). The van der Waals surface area contributed by atoms with Crippen LogP contribution in [-0.2, 0) is 11.3 Å². The topological polar surface area (TPSA) is 87.5 Å². The Labute approximate surface area is 164 Å². The number of aromatic nitrogens is 1. The van der Waals surface area contributed by atoms with Crippen molar-refractivity contribution >= 4 is 28.3 Å². The van der Waals surface area contributed by atoms with Crippen molar-refractivity contribution in [3.8, 4) is 0 Å². The number of thiazole rings is 1. The molecule has 8 heteroatoms. The van der Waals surface area contributed by atoms with E-state index in [0.717, 1.165) is 24.5 Å². The average molecular weight is 393 g/mol. The number of carbonyl (C=O) groups excluding carboxylic acids is 2. The van der Waals surface area contributed by atoms with Crippen LogP contribution < -0.4 is 10.6 Å². The number of hydrogen-bond acceptors (Lipinski definition) is 6. The molecule has 27 heavy (non-hydrogen) atoms. The molecule has 2 aromatic heterocycles. The monoisotopic (exact) mass is 392 g/mol. The Morgan fingerprint density at radius 1 is 1.37 bits per heavy atom. The SMILES string of the molecule is CCCCNc1nc(C(=O)N(CCC(=O)NC(C)C)Cc2ccco2)cs1. The summed E-state index contributed by atoms with van der Waals surface area (Å²) in [5.41, 5.74) is 0.384. The van der Waals surface area contributed by atoms with Crippen LogP contribution in [0.3, 0.4) is 0 Å². The fourth-order valence-electron chi connectivity index (χ4n) is 2.46. The van der Waals surface area contributed by atoms with Gasteiger partial charge in [-0.3, -0.25) is 9.59 Å². The summed E-state index contributed by atoms with van der Waals surface area (Å²) in [5, 5.41) is 8.56. The summed E-state index contributed by atoms with van der Waals surface area (Å²) in [7, 11) is 0. The molecule has 7 nitrogen and oxygen atoms in total. The molecule has 0 aromatic carbocycles. The maximum atomic E-state index is 12.9. The minimum atomic E-state index is -0.205. The van der Waals surface area contributed by atoms with Crippen LogP contribution in [0, 0.1) is 0 Å². The Morgan fingerprint density at radius 2 is 2.19 bits per heavy atom. The van der Waals surface area contributed by atoms with Gasteiger partial charge in [0.05, 0.1) is 12.8 Å². The molecule has 148 valence electrons. The first-order valence-electron chi connectivity index (χ1n) is 9.30. The second kappa shape index (κ2) is 10.7. The van der Waals surface area contributed by atoms with E-state index < -0.39 is 0 Å². The van der Waals surface area contributed by atoms with Gasteiger partial charge in [-0.2, -0.15) is 0 Å². The minimum absolute atomic E-state index is 0.0713. The van der Waals surface area contributed by atoms with Crippen molar-refractivity contribution in [1.82, 2.24) is 15.2 Å². The van der Waals surface area contributed by atoms with Crippen molar-refractivity contribution in [2.75, 3.05) is 18.4 Å². The van der Waals surface area contributed by atoms with E-state index in [2.05, 4.69) is 22.5 Å². The molecule has 0 saturated heterocycles. The van der Waals surface area contributed by atoms with Gasteiger partial charge in [0.15, 0.2) is 5.13 Å². The number of furan rings is 1. The quantitative estimate of drug-likeness (QED) is 0.572. The summed E-state index contributed by atoms with van der Waals surface area (Å²) < 4.78 is 5.37. The van der Waals surface area contributed by atoms with Crippen LogP contribution in [0.4, 0.5) is 5.13 Å². The van der Waals surface area contributed by atoms with Gasteiger partial charge in [-0.1, -0.05) is 13.3 Å². The number of nitrogens with zero attached hydrogens (tertiary/aromatic N) is 2. The highest BCUT2D eigenvalue weighted by atomic mass is 32.1. The first kappa shape index (κ1) is 21.0. The molecular formula is C19H28N4O3S. The Kier molecular flexibility index (Phi) is 8.32. The van der Waals surface area contributed by atoms with Crippen molar-refractivity contribution < 1.29 is 14.0 Å². The van der Waals surface area contributed by atoms with Crippen LogP contribution in [-0.4, -0.2) is 40.8 Å². The lowest BCUT2D eigenvalue weighted by Crippen LogP contribution is -2.36. The Hall–Kier alpha value is -2.35. The predicted octanol–water partition coefficient (Wildman–Crippen LogP) is 3.51. The van der Waals surface area contributed by atoms with Gasteiger partial charge in [-0.15, -0.1) is 11.3 Å². The highest BCUT2D eigenvalue weighted by molar-refractivity contribution is 7.13. The summed E-state index contributed by atoms with van der Waals surface area (Å²) in [6.45, 7) is 7.38. The Morgan fingerprint density at radius 3 is 2.85 bits per heavy atom. The third-order valence-corrected chi connectivity index (χ3v) is 4.60. The third kappa shape index (κ3) is 7.05. The minimum Gasteiger partial charge on any atom is -0.467 e. The summed E-state index contributed by atoms with van der Waals surface area (Å²) in [5.74, 6) is 0.384. The third-order valence-electron chi connectivity index (χ3n) is 3.80. The fourth-order valence-corrected chi connectivity index (χ4v) is 3.17. The maximum absolute atomic E-state index is 12.9. The molecule has 0 bridgehead atoms. The van der Waals surface area contributed by atoms with Gasteiger partial charge in [-0.25, -0.2) is 4.98 Å². The van der Waals surface area contributed by atoms with E-state index in [1.807, 2.05) is 19.9 Å². The Bertz CT molecular complexity index is 712. The van der Waals surface area contributed by atoms with Crippen molar-refractivity contribution in [2.45, 2.75) is 52.6 Å². The lowest BCUT2D eigenvalue weighted by molar-refractivity contribution is -0.121. The van der Waals surface area contributed by atoms with Crippen molar-refractivity contribution in [3.05, 3.63) is 35.2 Å². The molecule has 0 radical (unpaired) electrons. The normalized spacial score (nSPS) is 10.8. The van der Waals surface area contributed by atoms with Gasteiger partial charge >= 0.3 is 0 Å². The van der Waals surface area contributed by atoms with Crippen LogP contribution >= 0.6 is 11.3 Å². The molecule has 0 spiro atoms. The number of nitrogens with one attached hydrogen (secondary N) is 2. The number of unbranched alkanes of at least 4 members (excludes halogenated alkanes) is 1. The lowest BCUT2D eigenvalue weighted by Gasteiger charge is -2.21. The van der Waals surface area contributed by atoms with Crippen LogP contribution in [0.2, 0.25) is 0 Å². The number of amides is 2. The summed E-state index contributed by atoms with van der Waals surface area (Å²) in [6.07, 6.45) is 3.95. The molecule has 0 aliphatic carbocycles. The van der Waals surface area contributed by atoms with E-state index in [1.54, 1.807) is 22.6 Å². The van der Waals surface area contributed by atoms with E-state index in [0.29, 0.717) is 24.5 Å². The summed E-state index contributed by atoms with van der Waals surface area (Å²) >= 11 is 1.41. The molecule has 2 heterocycles. The molecule has 2 aromatic rings. The standard InChI is InChI=1S/C19H28N4O3S/c1-4-5-9-20-19-22-16(13-27-19)18(25)23(12-15-7-6-11-26-15)10-8-17(24)21-14(2)3/h6-7,11,13-14H,4-5,8-10,12H2,1-3H3,(H,20,22)(H,21,24). The van der Waals surface area contributed by atoms with Gasteiger partial charge in [0.2, 0.25) is 5.91 Å². The van der Waals surface area contributed by atoms with Gasteiger partial charge in [0.25, 0.3) is 5.91 Å². The van der Waals surface area contributed by atoms with Crippen LogP contribution in [0.25, 0.3) is 0 Å². The van der Waals surface area contributed by atoms with Crippen LogP contribution in [0.1, 0.15) is 56.3 Å². The lowest BCUT2D eigenvalue weighted by atomic mass is 10.2. The molecule has 0 fully saturated rings. The summed E-state index contributed by atoms with van der Waals surface area (Å²) in [6, 6.07) is 3.66. The van der Waals surface area contributed by atoms with E-state index >= 15 is 0 Å². The number of carbonyl (C=O) groups is 2. The molecule has 0 aliphatic rings.